The molecule has 2 aliphatic carbocycles. The second kappa shape index (κ2) is 12.2. The predicted octanol–water partition coefficient (Wildman–Crippen LogP) is 14.2. The molecule has 2 aromatic heterocycles. The Hall–Kier alpha value is -6.36. The summed E-state index contributed by atoms with van der Waals surface area (Å²) in [5, 5.41) is 9.39. The molecule has 3 heterocycles. The van der Waals surface area contributed by atoms with Gasteiger partial charge in [-0.1, -0.05) is 151 Å². The van der Waals surface area contributed by atoms with Crippen LogP contribution in [-0.2, 0) is 16.2 Å². The van der Waals surface area contributed by atoms with Gasteiger partial charge in [-0.15, -0.1) is 11.3 Å². The Balaban J connectivity index is 1.12. The molecule has 0 atom stereocenters. The molecule has 0 saturated heterocycles. The maximum atomic E-state index is 4.00. The zero-order valence-corrected chi connectivity index (χ0v) is 37.2. The van der Waals surface area contributed by atoms with Crippen molar-refractivity contribution in [2.24, 2.45) is 0 Å². The lowest BCUT2D eigenvalue weighted by Gasteiger charge is -2.26. The Kier molecular flexibility index (Phi) is 7.13. The normalized spacial score (nSPS) is 15.1. The Bertz CT molecular complexity index is 3610. The third-order valence-corrected chi connectivity index (χ3v) is 16.1. The maximum Gasteiger partial charge on any atom is 0.198 e. The smallest absolute Gasteiger partial charge is 0.198 e. The van der Waals surface area contributed by atoms with E-state index in [9.17, 15) is 0 Å². The second-order valence-electron chi connectivity index (χ2n) is 20.2. The summed E-state index contributed by atoms with van der Waals surface area (Å²) in [6.45, 7) is 16.5. The van der Waals surface area contributed by atoms with E-state index in [0.29, 0.717) is 0 Å². The van der Waals surface area contributed by atoms with E-state index in [1.165, 1.54) is 120 Å². The molecule has 10 aromatic rings. The molecule has 0 amide bonds. The summed E-state index contributed by atoms with van der Waals surface area (Å²) in [6.07, 6.45) is 0. The van der Waals surface area contributed by atoms with Crippen LogP contribution in [0.2, 0.25) is 0 Å². The number of hydrogen-bond donors (Lipinski definition) is 1. The molecule has 1 aliphatic heterocycles. The van der Waals surface area contributed by atoms with Crippen molar-refractivity contribution in [2.45, 2.75) is 64.7 Å². The van der Waals surface area contributed by atoms with Crippen LogP contribution < -0.4 is 16.2 Å². The zero-order valence-electron chi connectivity index (χ0n) is 36.4. The van der Waals surface area contributed by atoms with Crippen LogP contribution in [0.15, 0.2) is 146 Å². The lowest BCUT2D eigenvalue weighted by Crippen LogP contribution is -2.37. The number of nitrogens with one attached hydrogen (secondary N) is 1. The largest absolute Gasteiger partial charge is 0.355 e. The number of benzene rings is 8. The van der Waals surface area contributed by atoms with Crippen molar-refractivity contribution in [3.63, 3.8) is 0 Å². The summed E-state index contributed by atoms with van der Waals surface area (Å²) >= 11 is 1.92. The summed E-state index contributed by atoms with van der Waals surface area (Å²) < 4.78 is 5.34. The fourth-order valence-corrected chi connectivity index (χ4v) is 12.9. The van der Waals surface area contributed by atoms with Gasteiger partial charge >= 0.3 is 0 Å². The van der Waals surface area contributed by atoms with E-state index in [1.807, 2.05) is 11.3 Å². The highest BCUT2D eigenvalue weighted by atomic mass is 32.1. The first-order chi connectivity index (χ1) is 29.9. The highest BCUT2D eigenvalue weighted by Crippen LogP contribution is 2.55. The number of fused-ring (bicyclic) bond motifs is 15. The Morgan fingerprint density at radius 1 is 0.548 bits per heavy atom. The van der Waals surface area contributed by atoms with Gasteiger partial charge in [-0.3, -0.25) is 0 Å². The molecule has 0 radical (unpaired) electrons. The summed E-state index contributed by atoms with van der Waals surface area (Å²) in [5.74, 6) is 0. The van der Waals surface area contributed by atoms with E-state index in [4.69, 9.17) is 0 Å². The third kappa shape index (κ3) is 4.76. The third-order valence-electron chi connectivity index (χ3n) is 15.0. The van der Waals surface area contributed by atoms with Crippen LogP contribution in [0.4, 0.5) is 11.4 Å². The van der Waals surface area contributed by atoms with Gasteiger partial charge in [0.15, 0.2) is 7.28 Å². The van der Waals surface area contributed by atoms with Crippen molar-refractivity contribution in [1.82, 2.24) is 4.57 Å². The molecule has 62 heavy (non-hydrogen) atoms. The van der Waals surface area contributed by atoms with Gasteiger partial charge in [0.05, 0.1) is 5.52 Å². The molecular weight excluding hydrogens is 768 g/mol. The van der Waals surface area contributed by atoms with Gasteiger partial charge in [0.2, 0.25) is 0 Å². The average molecular weight is 815 g/mol. The van der Waals surface area contributed by atoms with Crippen molar-refractivity contribution >= 4 is 82.9 Å². The van der Waals surface area contributed by atoms with Crippen molar-refractivity contribution in [2.75, 3.05) is 5.32 Å². The Morgan fingerprint density at radius 3 is 2.05 bits per heavy atom. The Morgan fingerprint density at radius 2 is 1.26 bits per heavy atom. The number of anilines is 2. The number of aromatic nitrogens is 1. The van der Waals surface area contributed by atoms with Gasteiger partial charge in [0.25, 0.3) is 0 Å². The summed E-state index contributed by atoms with van der Waals surface area (Å²) in [6, 6.07) is 55.9. The second-order valence-corrected chi connectivity index (χ2v) is 21.3. The monoisotopic (exact) mass is 814 g/mol. The molecule has 13 rings (SSSR count). The molecule has 1 N–H and O–H groups in total. The zero-order chi connectivity index (χ0) is 42.0. The van der Waals surface area contributed by atoms with Crippen molar-refractivity contribution in [1.29, 1.82) is 0 Å². The van der Waals surface area contributed by atoms with Crippen LogP contribution in [0, 0.1) is 0 Å². The molecule has 0 bridgehead atoms. The minimum atomic E-state index is -0.135. The maximum absolute atomic E-state index is 4.00. The van der Waals surface area contributed by atoms with Crippen LogP contribution in [0.3, 0.4) is 0 Å². The minimum absolute atomic E-state index is 0.0821. The van der Waals surface area contributed by atoms with Gasteiger partial charge in [-0.05, 0) is 115 Å². The molecule has 0 saturated carbocycles. The number of thiophene rings is 1. The van der Waals surface area contributed by atoms with Crippen LogP contribution in [0.25, 0.3) is 81.0 Å². The van der Waals surface area contributed by atoms with E-state index in [0.717, 1.165) is 18.7 Å². The molecule has 0 fully saturated rings. The summed E-state index contributed by atoms with van der Waals surface area (Å²) in [7, 11) is 0.854. The van der Waals surface area contributed by atoms with E-state index < -0.39 is 0 Å². The van der Waals surface area contributed by atoms with Gasteiger partial charge < -0.3 is 9.88 Å². The topological polar surface area (TPSA) is 17.0 Å². The first-order valence-corrected chi connectivity index (χ1v) is 23.0. The van der Waals surface area contributed by atoms with Crippen molar-refractivity contribution in [3.8, 4) is 39.1 Å². The van der Waals surface area contributed by atoms with Crippen molar-refractivity contribution in [3.05, 3.63) is 173 Å². The van der Waals surface area contributed by atoms with Gasteiger partial charge in [-0.2, -0.15) is 0 Å². The standard InChI is InChI=1S/C58H47BN2S/c1-56(2,3)32-20-22-33(23-21-32)60-47-29-39-34-14-8-11-17-42(34)58(6,7)45(39)28-40(47)36-24-25-38-53-48(27-26-44-52(53)37-16-9-12-18-43(37)57(44,4)5)61-49-30-41-35-15-10-13-19-50(35)62-51(41)31-46(49)59-54(36)55(38)61/h8-31,59-60H,1-7H3. The summed E-state index contributed by atoms with van der Waals surface area (Å²) in [4.78, 5) is 0. The molecule has 8 aromatic carbocycles. The molecule has 0 unspecified atom stereocenters. The van der Waals surface area contributed by atoms with E-state index >= 15 is 0 Å². The van der Waals surface area contributed by atoms with E-state index in [-0.39, 0.29) is 16.2 Å². The van der Waals surface area contributed by atoms with Crippen LogP contribution in [0.1, 0.15) is 76.3 Å². The molecule has 298 valence electrons. The number of nitrogens with zero attached hydrogens (tertiary/aromatic N) is 1. The molecule has 0 spiro atoms. The SMILES string of the molecule is CC(C)(C)c1ccc(Nc2cc3c(cc2-c2ccc4c5c6c(ccc5n5c4c2Bc2cc4sc7ccccc7c4cc2-5)C(C)(C)c2ccccc2-6)C(C)(C)c2ccccc2-3)cc1. The number of hydrogen-bond acceptors (Lipinski definition) is 2. The summed E-state index contributed by atoms with van der Waals surface area (Å²) in [5.41, 5.74) is 23.7. The highest BCUT2D eigenvalue weighted by molar-refractivity contribution is 7.26. The molecule has 3 aliphatic rings. The van der Waals surface area contributed by atoms with E-state index in [1.54, 1.807) is 0 Å². The lowest BCUT2D eigenvalue weighted by atomic mass is 9.59. The lowest BCUT2D eigenvalue weighted by molar-refractivity contribution is 0.590. The van der Waals surface area contributed by atoms with Crippen LogP contribution in [0.5, 0.6) is 0 Å². The number of rotatable bonds is 3. The fraction of sp³-hybridized carbons (Fsp3) is 0.172. The fourth-order valence-electron chi connectivity index (χ4n) is 11.8. The van der Waals surface area contributed by atoms with Crippen LogP contribution >= 0.6 is 11.3 Å². The van der Waals surface area contributed by atoms with E-state index in [2.05, 4.69) is 204 Å². The first-order valence-electron chi connectivity index (χ1n) is 22.2. The first kappa shape index (κ1) is 36.3. The van der Waals surface area contributed by atoms with Crippen LogP contribution in [-0.4, -0.2) is 11.8 Å². The van der Waals surface area contributed by atoms with Gasteiger partial charge in [0, 0.05) is 69.9 Å². The highest BCUT2D eigenvalue weighted by Gasteiger charge is 2.40. The quantitative estimate of drug-likeness (QED) is 0.176. The van der Waals surface area contributed by atoms with Crippen molar-refractivity contribution < 1.29 is 0 Å². The molecular formula is C58H47BN2S. The predicted molar refractivity (Wildman–Crippen MR) is 269 cm³/mol. The Labute approximate surface area is 368 Å². The average Bonchev–Trinajstić information content (AvgIpc) is 3.94. The molecule has 2 nitrogen and oxygen atoms in total. The van der Waals surface area contributed by atoms with Gasteiger partial charge in [0.1, 0.15) is 0 Å². The minimum Gasteiger partial charge on any atom is -0.355 e. The van der Waals surface area contributed by atoms with Gasteiger partial charge in [-0.25, -0.2) is 0 Å². The molecule has 4 heteroatoms.